The summed E-state index contributed by atoms with van der Waals surface area (Å²) in [6, 6.07) is 7.82. The predicted molar refractivity (Wildman–Crippen MR) is 72.9 cm³/mol. The fourth-order valence-electron chi connectivity index (χ4n) is 1.91. The number of nitrogens with two attached hydrogens (primary N) is 1. The lowest BCUT2D eigenvalue weighted by atomic mass is 10.2. The molecular weight excluding hydrogens is 258 g/mol. The van der Waals surface area contributed by atoms with Gasteiger partial charge in [-0.1, -0.05) is 11.8 Å². The van der Waals surface area contributed by atoms with Crippen molar-refractivity contribution in [1.82, 2.24) is 15.0 Å². The van der Waals surface area contributed by atoms with Crippen LogP contribution in [0.2, 0.25) is 0 Å². The van der Waals surface area contributed by atoms with Crippen LogP contribution in [0.3, 0.4) is 0 Å². The van der Waals surface area contributed by atoms with Crippen LogP contribution in [0.15, 0.2) is 41.3 Å². The molecule has 7 heteroatoms. The largest absolute Gasteiger partial charge is 0.871 e. The number of fused-ring (bicyclic) bond motifs is 1. The molecule has 0 aliphatic rings. The van der Waals surface area contributed by atoms with Gasteiger partial charge in [0.2, 0.25) is 0 Å². The molecule has 0 radical (unpaired) electrons. The Morgan fingerprint density at radius 3 is 2.90 bits per heavy atom. The first-order valence-electron chi connectivity index (χ1n) is 5.82. The van der Waals surface area contributed by atoms with E-state index in [1.54, 1.807) is 18.2 Å². The van der Waals surface area contributed by atoms with Crippen LogP contribution in [-0.2, 0) is 0 Å². The number of aromatic nitrogens is 3. The van der Waals surface area contributed by atoms with Crippen LogP contribution in [-0.4, -0.2) is 15.0 Å². The first-order valence-corrected chi connectivity index (χ1v) is 5.82. The van der Waals surface area contributed by atoms with Crippen molar-refractivity contribution in [2.75, 3.05) is 5.43 Å². The zero-order valence-electron chi connectivity index (χ0n) is 10.3. The third-order valence-corrected chi connectivity index (χ3v) is 2.87. The molecule has 0 amide bonds. The van der Waals surface area contributed by atoms with Gasteiger partial charge in [0, 0.05) is 11.9 Å². The van der Waals surface area contributed by atoms with Gasteiger partial charge in [-0.2, -0.15) is 0 Å². The number of nitrogens with zero attached hydrogens (tertiary/aromatic N) is 2. The Labute approximate surface area is 113 Å². The van der Waals surface area contributed by atoms with Crippen molar-refractivity contribution in [3.8, 4) is 17.3 Å². The van der Waals surface area contributed by atoms with E-state index in [-0.39, 0.29) is 22.8 Å². The molecule has 2 heterocycles. The smallest absolute Gasteiger partial charge is 0.259 e. The molecular formula is C13H10N5O2-. The van der Waals surface area contributed by atoms with E-state index in [4.69, 9.17) is 5.84 Å². The molecule has 4 N–H and O–H groups in total. The number of benzene rings is 1. The fourth-order valence-corrected chi connectivity index (χ4v) is 1.91. The number of hydrogen-bond donors (Lipinski definition) is 3. The summed E-state index contributed by atoms with van der Waals surface area (Å²) >= 11 is 0. The summed E-state index contributed by atoms with van der Waals surface area (Å²) in [4.78, 5) is 22.8. The molecule has 0 unspecified atom stereocenters. The number of nitrogens with one attached hydrogen (secondary N) is 2. The number of nitrogen functional groups attached to an aromatic ring is 1. The normalized spacial score (nSPS) is 10.7. The maximum Gasteiger partial charge on any atom is 0.259 e. The molecule has 0 saturated carbocycles. The SMILES string of the molecule is NNc1ccc2nc(-c3ncccc3[O-])[nH]c(=O)c2c1. The van der Waals surface area contributed by atoms with Crippen molar-refractivity contribution in [2.45, 2.75) is 0 Å². The van der Waals surface area contributed by atoms with Gasteiger partial charge in [0.15, 0.2) is 5.82 Å². The summed E-state index contributed by atoms with van der Waals surface area (Å²) in [6.07, 6.45) is 1.47. The number of anilines is 1. The molecule has 0 aliphatic carbocycles. The lowest BCUT2D eigenvalue weighted by Crippen LogP contribution is -2.12. The summed E-state index contributed by atoms with van der Waals surface area (Å²) in [6.45, 7) is 0. The second-order valence-electron chi connectivity index (χ2n) is 4.14. The van der Waals surface area contributed by atoms with E-state index < -0.39 is 0 Å². The van der Waals surface area contributed by atoms with Gasteiger partial charge < -0.3 is 15.5 Å². The lowest BCUT2D eigenvalue weighted by molar-refractivity contribution is -0.267. The highest BCUT2D eigenvalue weighted by Crippen LogP contribution is 2.21. The molecule has 3 aromatic rings. The molecule has 1 aromatic carbocycles. The summed E-state index contributed by atoms with van der Waals surface area (Å²) < 4.78 is 0. The Bertz CT molecular complexity index is 844. The Balaban J connectivity index is 2.26. The van der Waals surface area contributed by atoms with Gasteiger partial charge in [0.25, 0.3) is 5.56 Å². The summed E-state index contributed by atoms with van der Waals surface area (Å²) in [7, 11) is 0. The molecule has 7 nitrogen and oxygen atoms in total. The number of hydrazine groups is 1. The molecule has 0 bridgehead atoms. The maximum absolute atomic E-state index is 12.1. The standard InChI is InChI=1S/C13H11N5O2/c14-18-7-3-4-9-8(6-7)13(20)17-12(16-9)11-10(19)2-1-5-15-11/h1-6,18-19H,14H2,(H,16,17,20)/p-1. The van der Waals surface area contributed by atoms with E-state index in [1.165, 1.54) is 18.3 Å². The van der Waals surface area contributed by atoms with E-state index >= 15 is 0 Å². The minimum absolute atomic E-state index is 0.118. The highest BCUT2D eigenvalue weighted by Gasteiger charge is 2.08. The Hall–Kier alpha value is -2.93. The molecule has 20 heavy (non-hydrogen) atoms. The van der Waals surface area contributed by atoms with Gasteiger partial charge in [0.1, 0.15) is 0 Å². The van der Waals surface area contributed by atoms with Crippen molar-refractivity contribution in [2.24, 2.45) is 5.84 Å². The van der Waals surface area contributed by atoms with Gasteiger partial charge in [-0.25, -0.2) is 4.98 Å². The summed E-state index contributed by atoms with van der Waals surface area (Å²) in [5.74, 6) is 5.16. The van der Waals surface area contributed by atoms with Crippen molar-refractivity contribution < 1.29 is 5.11 Å². The average molecular weight is 268 g/mol. The number of pyridine rings is 1. The molecule has 0 saturated heterocycles. The van der Waals surface area contributed by atoms with Crippen LogP contribution >= 0.6 is 0 Å². The highest BCUT2D eigenvalue weighted by molar-refractivity contribution is 5.83. The van der Waals surface area contributed by atoms with E-state index in [2.05, 4.69) is 20.4 Å². The zero-order valence-corrected chi connectivity index (χ0v) is 10.3. The number of H-pyrrole nitrogens is 1. The molecule has 0 spiro atoms. The van der Waals surface area contributed by atoms with Crippen LogP contribution in [0.25, 0.3) is 22.4 Å². The minimum Gasteiger partial charge on any atom is -0.871 e. The van der Waals surface area contributed by atoms with Crippen molar-refractivity contribution in [1.29, 1.82) is 0 Å². The van der Waals surface area contributed by atoms with Crippen LogP contribution < -0.4 is 21.9 Å². The van der Waals surface area contributed by atoms with Gasteiger partial charge in [0.05, 0.1) is 16.6 Å². The quantitative estimate of drug-likeness (QED) is 0.455. The molecule has 2 aromatic heterocycles. The van der Waals surface area contributed by atoms with E-state index in [0.29, 0.717) is 16.6 Å². The number of rotatable bonds is 2. The first kappa shape index (κ1) is 12.1. The molecule has 3 rings (SSSR count). The Morgan fingerprint density at radius 1 is 1.30 bits per heavy atom. The second-order valence-corrected chi connectivity index (χ2v) is 4.14. The van der Waals surface area contributed by atoms with Crippen molar-refractivity contribution in [3.05, 3.63) is 46.9 Å². The maximum atomic E-state index is 12.1. The lowest BCUT2D eigenvalue weighted by Gasteiger charge is -2.11. The number of hydrogen-bond acceptors (Lipinski definition) is 6. The second kappa shape index (κ2) is 4.63. The first-order chi connectivity index (χ1) is 9.69. The van der Waals surface area contributed by atoms with E-state index in [1.807, 2.05) is 0 Å². The van der Waals surface area contributed by atoms with Crippen LogP contribution in [0, 0.1) is 0 Å². The fraction of sp³-hybridized carbons (Fsp3) is 0. The van der Waals surface area contributed by atoms with Gasteiger partial charge in [-0.05, 0) is 24.3 Å². The minimum atomic E-state index is -0.354. The third-order valence-electron chi connectivity index (χ3n) is 2.87. The Kier molecular flexibility index (Phi) is 2.81. The van der Waals surface area contributed by atoms with Gasteiger partial charge in [-0.15, -0.1) is 0 Å². The van der Waals surface area contributed by atoms with Crippen LogP contribution in [0.4, 0.5) is 5.69 Å². The summed E-state index contributed by atoms with van der Waals surface area (Å²) in [5, 5.41) is 12.1. The van der Waals surface area contributed by atoms with Gasteiger partial charge in [-0.3, -0.25) is 15.6 Å². The Morgan fingerprint density at radius 2 is 2.15 bits per heavy atom. The van der Waals surface area contributed by atoms with Crippen molar-refractivity contribution >= 4 is 16.6 Å². The zero-order chi connectivity index (χ0) is 14.1. The molecule has 0 aliphatic heterocycles. The highest BCUT2D eigenvalue weighted by atomic mass is 16.3. The van der Waals surface area contributed by atoms with Crippen LogP contribution in [0.5, 0.6) is 5.75 Å². The predicted octanol–water partition coefficient (Wildman–Crippen LogP) is 0.344. The number of aromatic amines is 1. The summed E-state index contributed by atoms with van der Waals surface area (Å²) in [5.41, 5.74) is 3.29. The van der Waals surface area contributed by atoms with Crippen molar-refractivity contribution in [3.63, 3.8) is 0 Å². The van der Waals surface area contributed by atoms with E-state index in [9.17, 15) is 9.90 Å². The molecule has 100 valence electrons. The molecule has 0 atom stereocenters. The molecule has 0 fully saturated rings. The monoisotopic (exact) mass is 268 g/mol. The third kappa shape index (κ3) is 1.95. The van der Waals surface area contributed by atoms with Gasteiger partial charge >= 0.3 is 0 Å². The van der Waals surface area contributed by atoms with Crippen LogP contribution in [0.1, 0.15) is 0 Å². The average Bonchev–Trinajstić information content (AvgIpc) is 2.47. The topological polar surface area (TPSA) is 120 Å². The van der Waals surface area contributed by atoms with E-state index in [0.717, 1.165) is 0 Å².